The van der Waals surface area contributed by atoms with E-state index in [2.05, 4.69) is 20.7 Å². The predicted molar refractivity (Wildman–Crippen MR) is 116 cm³/mol. The Morgan fingerprint density at radius 1 is 1.26 bits per heavy atom. The van der Waals surface area contributed by atoms with Gasteiger partial charge < -0.3 is 10.6 Å². The van der Waals surface area contributed by atoms with Crippen LogP contribution in [0.15, 0.2) is 36.5 Å². The van der Waals surface area contributed by atoms with Gasteiger partial charge in [0.2, 0.25) is 0 Å². The van der Waals surface area contributed by atoms with Crippen molar-refractivity contribution in [3.05, 3.63) is 63.9 Å². The van der Waals surface area contributed by atoms with E-state index in [1.165, 1.54) is 16.9 Å². The second-order valence-electron chi connectivity index (χ2n) is 6.51. The molecule has 0 aliphatic carbocycles. The van der Waals surface area contributed by atoms with Crippen LogP contribution in [0.3, 0.4) is 0 Å². The van der Waals surface area contributed by atoms with Gasteiger partial charge in [0.15, 0.2) is 13.7 Å². The minimum absolute atomic E-state index is 0.0683. The summed E-state index contributed by atoms with van der Waals surface area (Å²) in [7, 11) is 1.72. The lowest BCUT2D eigenvalue weighted by atomic mass is 10.0. The average Bonchev–Trinajstić information content (AvgIpc) is 3.14. The molecule has 2 aromatic heterocycles. The summed E-state index contributed by atoms with van der Waals surface area (Å²) in [6, 6.07) is 11.6. The summed E-state index contributed by atoms with van der Waals surface area (Å²) in [5.41, 5.74) is 1.77. The Morgan fingerprint density at radius 2 is 2.03 bits per heavy atom. The second-order valence-corrected chi connectivity index (χ2v) is 6.92. The van der Waals surface area contributed by atoms with Crippen molar-refractivity contribution in [3.8, 4) is 18.0 Å². The van der Waals surface area contributed by atoms with Crippen LogP contribution in [0.2, 0.25) is 5.02 Å². The van der Waals surface area contributed by atoms with E-state index >= 15 is 0 Å². The van der Waals surface area contributed by atoms with E-state index in [0.29, 0.717) is 16.2 Å². The van der Waals surface area contributed by atoms with Gasteiger partial charge in [0, 0.05) is 11.8 Å². The van der Waals surface area contributed by atoms with E-state index in [0.717, 1.165) is 0 Å². The predicted octanol–water partition coefficient (Wildman–Crippen LogP) is 0.865. The zero-order chi connectivity index (χ0) is 22.5. The SMILES string of the molecule is Bc1cc(C(=O)Nc2c(C)cc(C#N)cc2C(=O)NCC#N)n(-c2ncccc2Cl)n1. The molecule has 0 aliphatic heterocycles. The number of hydrogen-bond donors (Lipinski definition) is 2. The zero-order valence-electron chi connectivity index (χ0n) is 16.6. The standard InChI is InChI=1S/C20H15BClN7O2/c1-11-7-12(10-24)8-13(19(30)26-6-4-23)17(11)27-20(31)15-9-16(21)28-29(15)18-14(22)3-2-5-25-18/h2-3,5,7-9H,6,21H2,1H3,(H,26,30)(H,27,31). The molecule has 0 bridgehead atoms. The van der Waals surface area contributed by atoms with E-state index in [9.17, 15) is 14.9 Å². The van der Waals surface area contributed by atoms with Gasteiger partial charge in [-0.3, -0.25) is 9.59 Å². The van der Waals surface area contributed by atoms with Crippen molar-refractivity contribution in [2.45, 2.75) is 6.92 Å². The number of amides is 2. The third-order valence-corrected chi connectivity index (χ3v) is 4.57. The number of benzene rings is 1. The minimum atomic E-state index is -0.588. The molecule has 9 nitrogen and oxygen atoms in total. The smallest absolute Gasteiger partial charge is 0.274 e. The van der Waals surface area contributed by atoms with Crippen LogP contribution in [-0.4, -0.2) is 41.0 Å². The molecule has 0 unspecified atom stereocenters. The Hall–Kier alpha value is -4.15. The van der Waals surface area contributed by atoms with E-state index in [4.69, 9.17) is 16.9 Å². The molecule has 2 amide bonds. The molecule has 11 heteroatoms. The van der Waals surface area contributed by atoms with Crippen molar-refractivity contribution in [3.63, 3.8) is 0 Å². The van der Waals surface area contributed by atoms with Crippen molar-refractivity contribution >= 4 is 42.5 Å². The highest BCUT2D eigenvalue weighted by Crippen LogP contribution is 2.24. The first-order chi connectivity index (χ1) is 14.8. The summed E-state index contributed by atoms with van der Waals surface area (Å²) in [4.78, 5) is 29.9. The van der Waals surface area contributed by atoms with Crippen LogP contribution in [0, 0.1) is 29.6 Å². The van der Waals surface area contributed by atoms with Gasteiger partial charge in [-0.2, -0.15) is 15.6 Å². The van der Waals surface area contributed by atoms with Crippen LogP contribution in [-0.2, 0) is 0 Å². The number of anilines is 1. The monoisotopic (exact) mass is 431 g/mol. The molecule has 0 aliphatic rings. The first-order valence-corrected chi connectivity index (χ1v) is 9.42. The van der Waals surface area contributed by atoms with Crippen LogP contribution in [0.4, 0.5) is 5.69 Å². The number of aromatic nitrogens is 3. The first-order valence-electron chi connectivity index (χ1n) is 9.04. The molecule has 0 spiro atoms. The summed E-state index contributed by atoms with van der Waals surface area (Å²) < 4.78 is 1.32. The maximum absolute atomic E-state index is 13.1. The normalized spacial score (nSPS) is 10.1. The number of carbonyl (C=O) groups excluding carboxylic acids is 2. The maximum atomic E-state index is 13.1. The number of aryl methyl sites for hydroxylation is 1. The van der Waals surface area contributed by atoms with Gasteiger partial charge in [0.25, 0.3) is 11.8 Å². The zero-order valence-corrected chi connectivity index (χ0v) is 17.4. The number of nitriles is 2. The maximum Gasteiger partial charge on any atom is 0.274 e. The molecular formula is C20H15BClN7O2. The lowest BCUT2D eigenvalue weighted by Gasteiger charge is -2.15. The van der Waals surface area contributed by atoms with Gasteiger partial charge in [-0.15, -0.1) is 0 Å². The summed E-state index contributed by atoms with van der Waals surface area (Å²) in [6.07, 6.45) is 1.53. The third-order valence-electron chi connectivity index (χ3n) is 4.28. The second kappa shape index (κ2) is 9.12. The Morgan fingerprint density at radius 3 is 2.71 bits per heavy atom. The summed E-state index contributed by atoms with van der Waals surface area (Å²) in [5.74, 6) is -0.857. The first kappa shape index (κ1) is 21.6. The van der Waals surface area contributed by atoms with Crippen molar-refractivity contribution in [1.29, 1.82) is 10.5 Å². The van der Waals surface area contributed by atoms with Crippen molar-refractivity contribution < 1.29 is 9.59 Å². The van der Waals surface area contributed by atoms with Gasteiger partial charge in [-0.05, 0) is 42.8 Å². The number of hydrogen-bond acceptors (Lipinski definition) is 6. The lowest BCUT2D eigenvalue weighted by Crippen LogP contribution is -2.26. The Kier molecular flexibility index (Phi) is 6.34. The molecular weight excluding hydrogens is 417 g/mol. The van der Waals surface area contributed by atoms with Gasteiger partial charge in [0.1, 0.15) is 12.2 Å². The van der Waals surface area contributed by atoms with Crippen molar-refractivity contribution in [1.82, 2.24) is 20.1 Å². The molecule has 0 saturated heterocycles. The van der Waals surface area contributed by atoms with Crippen LogP contribution in [0.25, 0.3) is 5.82 Å². The van der Waals surface area contributed by atoms with Crippen LogP contribution >= 0.6 is 11.6 Å². The molecule has 0 saturated carbocycles. The van der Waals surface area contributed by atoms with E-state index in [-0.39, 0.29) is 34.9 Å². The Balaban J connectivity index is 2.04. The highest BCUT2D eigenvalue weighted by Gasteiger charge is 2.22. The van der Waals surface area contributed by atoms with Crippen LogP contribution < -0.4 is 16.2 Å². The fraction of sp³-hybridized carbons (Fsp3) is 0.100. The molecule has 1 aromatic carbocycles. The number of rotatable bonds is 5. The number of carbonyl (C=O) groups is 2. The lowest BCUT2D eigenvalue weighted by molar-refractivity contribution is 0.0959. The largest absolute Gasteiger partial charge is 0.339 e. The molecule has 152 valence electrons. The van der Waals surface area contributed by atoms with E-state index < -0.39 is 11.8 Å². The number of halogens is 1. The van der Waals surface area contributed by atoms with Gasteiger partial charge in [-0.25, -0.2) is 9.67 Å². The molecule has 2 heterocycles. The fourth-order valence-corrected chi connectivity index (χ4v) is 3.15. The molecule has 31 heavy (non-hydrogen) atoms. The van der Waals surface area contributed by atoms with Gasteiger partial charge >= 0.3 is 0 Å². The van der Waals surface area contributed by atoms with Crippen molar-refractivity contribution in [2.75, 3.05) is 11.9 Å². The Labute approximate surface area is 183 Å². The van der Waals surface area contributed by atoms with Crippen molar-refractivity contribution in [2.24, 2.45) is 0 Å². The molecule has 0 fully saturated rings. The molecule has 0 atom stereocenters. The third kappa shape index (κ3) is 4.55. The molecule has 2 N–H and O–H groups in total. The fourth-order valence-electron chi connectivity index (χ4n) is 2.95. The molecule has 0 radical (unpaired) electrons. The summed E-state index contributed by atoms with van der Waals surface area (Å²) in [5, 5.41) is 27.7. The topological polar surface area (TPSA) is 136 Å². The summed E-state index contributed by atoms with van der Waals surface area (Å²) in [6.45, 7) is 1.45. The van der Waals surface area contributed by atoms with Gasteiger partial charge in [0.05, 0.1) is 34.0 Å². The molecule has 3 aromatic rings. The van der Waals surface area contributed by atoms with Gasteiger partial charge in [-0.1, -0.05) is 11.6 Å². The number of nitrogens with one attached hydrogen (secondary N) is 2. The highest BCUT2D eigenvalue weighted by atomic mass is 35.5. The number of pyridine rings is 1. The van der Waals surface area contributed by atoms with E-state index in [1.54, 1.807) is 39.0 Å². The number of nitrogens with zero attached hydrogens (tertiary/aromatic N) is 5. The summed E-state index contributed by atoms with van der Waals surface area (Å²) >= 11 is 6.21. The van der Waals surface area contributed by atoms with E-state index in [1.807, 2.05) is 12.1 Å². The quantitative estimate of drug-likeness (QED) is 0.454. The van der Waals surface area contributed by atoms with Crippen LogP contribution in [0.5, 0.6) is 0 Å². The van der Waals surface area contributed by atoms with Crippen LogP contribution in [0.1, 0.15) is 32.0 Å². The molecule has 3 rings (SSSR count). The highest BCUT2D eigenvalue weighted by molar-refractivity contribution is 6.32. The Bertz CT molecular complexity index is 1270. The average molecular weight is 432 g/mol. The minimum Gasteiger partial charge on any atom is -0.339 e.